The molecule has 0 fully saturated rings. The Kier molecular flexibility index (Phi) is 6.59. The fourth-order valence-corrected chi connectivity index (χ4v) is 3.23. The summed E-state index contributed by atoms with van der Waals surface area (Å²) in [5.74, 6) is -0.288. The maximum absolute atomic E-state index is 12.7. The minimum atomic E-state index is -0.507. The van der Waals surface area contributed by atoms with Gasteiger partial charge in [-0.1, -0.05) is 57.2 Å². The predicted molar refractivity (Wildman–Crippen MR) is 123 cm³/mol. The first-order valence-electron chi connectivity index (χ1n) is 10.4. The normalized spacial score (nSPS) is 11.3. The van der Waals surface area contributed by atoms with Gasteiger partial charge in [-0.2, -0.15) is 5.10 Å². The Hall–Kier alpha value is -3.41. The number of amides is 2. The average molecular weight is 419 g/mol. The molecule has 0 aliphatic carbocycles. The zero-order valence-corrected chi connectivity index (χ0v) is 18.8. The van der Waals surface area contributed by atoms with Gasteiger partial charge in [-0.3, -0.25) is 14.3 Å². The minimum absolute atomic E-state index is 0.0952. The van der Waals surface area contributed by atoms with E-state index in [-0.39, 0.29) is 11.8 Å². The fourth-order valence-electron chi connectivity index (χ4n) is 3.23. The molecule has 0 unspecified atom stereocenters. The van der Waals surface area contributed by atoms with Gasteiger partial charge in [0.05, 0.1) is 12.2 Å². The van der Waals surface area contributed by atoms with E-state index in [1.165, 1.54) is 5.56 Å². The van der Waals surface area contributed by atoms with Crippen molar-refractivity contribution >= 4 is 17.5 Å². The molecule has 162 valence electrons. The van der Waals surface area contributed by atoms with Crippen LogP contribution in [0.3, 0.4) is 0 Å². The molecule has 0 atom stereocenters. The number of nitrogens with one attached hydrogen (secondary N) is 2. The molecule has 2 amide bonds. The molecule has 3 rings (SSSR count). The van der Waals surface area contributed by atoms with Crippen LogP contribution in [-0.4, -0.2) is 21.6 Å². The minimum Gasteiger partial charge on any atom is -0.348 e. The molecule has 1 heterocycles. The van der Waals surface area contributed by atoms with Gasteiger partial charge in [0.15, 0.2) is 0 Å². The van der Waals surface area contributed by atoms with Crippen LogP contribution in [0.4, 0.5) is 5.69 Å². The zero-order chi connectivity index (χ0) is 22.6. The summed E-state index contributed by atoms with van der Waals surface area (Å²) in [7, 11) is 0. The first-order valence-corrected chi connectivity index (χ1v) is 10.4. The quantitative estimate of drug-likeness (QED) is 0.620. The van der Waals surface area contributed by atoms with Crippen LogP contribution in [0.25, 0.3) is 0 Å². The van der Waals surface area contributed by atoms with E-state index in [1.807, 2.05) is 57.5 Å². The van der Waals surface area contributed by atoms with Crippen molar-refractivity contribution < 1.29 is 9.59 Å². The summed E-state index contributed by atoms with van der Waals surface area (Å²) < 4.78 is 1.97. The number of carbonyl (C=O) groups excluding carboxylic acids is 2. The van der Waals surface area contributed by atoms with Gasteiger partial charge >= 0.3 is 0 Å². The number of hydrogen-bond acceptors (Lipinski definition) is 3. The van der Waals surface area contributed by atoms with Gasteiger partial charge in [0.1, 0.15) is 0 Å². The molecule has 0 radical (unpaired) electrons. The Morgan fingerprint density at radius 2 is 1.71 bits per heavy atom. The molecule has 31 heavy (non-hydrogen) atoms. The lowest BCUT2D eigenvalue weighted by Crippen LogP contribution is -2.28. The molecule has 0 saturated heterocycles. The summed E-state index contributed by atoms with van der Waals surface area (Å²) >= 11 is 0. The molecular formula is C25H30N4O2. The summed E-state index contributed by atoms with van der Waals surface area (Å²) in [5, 5.41) is 10.5. The van der Waals surface area contributed by atoms with Crippen LogP contribution in [0.2, 0.25) is 0 Å². The van der Waals surface area contributed by atoms with E-state index in [2.05, 4.69) is 27.9 Å². The summed E-state index contributed by atoms with van der Waals surface area (Å²) in [5.41, 5.74) is 4.73. The number of rotatable bonds is 6. The third kappa shape index (κ3) is 5.60. The van der Waals surface area contributed by atoms with Crippen LogP contribution in [0.5, 0.6) is 0 Å². The van der Waals surface area contributed by atoms with Crippen LogP contribution in [-0.2, 0) is 17.9 Å². The lowest BCUT2D eigenvalue weighted by molar-refractivity contribution is -0.123. The third-order valence-electron chi connectivity index (χ3n) is 5.20. The largest absolute Gasteiger partial charge is 0.348 e. The SMILES string of the molecule is Cc1nn(Cc2ccccc2)c(C)c1CNC(=O)c1cccc(NC(=O)C(C)(C)C)c1. The lowest BCUT2D eigenvalue weighted by Gasteiger charge is -2.18. The standard InChI is InChI=1S/C25H30N4O2/c1-17-22(18(2)29(28-17)16-19-10-7-6-8-11-19)15-26-23(30)20-12-9-13-21(14-20)27-24(31)25(3,4)5/h6-14H,15-16H2,1-5H3,(H,26,30)(H,27,31). The van der Waals surface area contributed by atoms with E-state index < -0.39 is 5.41 Å². The van der Waals surface area contributed by atoms with E-state index >= 15 is 0 Å². The van der Waals surface area contributed by atoms with Crippen LogP contribution >= 0.6 is 0 Å². The van der Waals surface area contributed by atoms with Crippen molar-refractivity contribution in [3.8, 4) is 0 Å². The highest BCUT2D eigenvalue weighted by Crippen LogP contribution is 2.19. The second-order valence-electron chi connectivity index (χ2n) is 8.76. The molecule has 2 N–H and O–H groups in total. The van der Waals surface area contributed by atoms with Crippen LogP contribution in [0.15, 0.2) is 54.6 Å². The van der Waals surface area contributed by atoms with Gasteiger partial charge < -0.3 is 10.6 Å². The molecule has 6 heteroatoms. The highest BCUT2D eigenvalue weighted by Gasteiger charge is 2.21. The van der Waals surface area contributed by atoms with Gasteiger partial charge in [0.2, 0.25) is 5.91 Å². The molecule has 6 nitrogen and oxygen atoms in total. The molecule has 0 aliphatic heterocycles. The Labute approximate surface area is 183 Å². The number of benzene rings is 2. The Morgan fingerprint density at radius 1 is 1.00 bits per heavy atom. The Morgan fingerprint density at radius 3 is 2.39 bits per heavy atom. The first-order chi connectivity index (χ1) is 14.6. The van der Waals surface area contributed by atoms with Crippen LogP contribution in [0.1, 0.15) is 53.6 Å². The maximum Gasteiger partial charge on any atom is 0.251 e. The van der Waals surface area contributed by atoms with Crippen molar-refractivity contribution in [2.75, 3.05) is 5.32 Å². The van der Waals surface area contributed by atoms with Gasteiger partial charge in [-0.15, -0.1) is 0 Å². The van der Waals surface area contributed by atoms with Gasteiger partial charge in [-0.25, -0.2) is 0 Å². The molecule has 3 aromatic rings. The number of carbonyl (C=O) groups is 2. The maximum atomic E-state index is 12.7. The van der Waals surface area contributed by atoms with E-state index in [0.29, 0.717) is 24.3 Å². The van der Waals surface area contributed by atoms with Gasteiger partial charge in [0.25, 0.3) is 5.91 Å². The predicted octanol–water partition coefficient (Wildman–Crippen LogP) is 4.46. The molecule has 0 bridgehead atoms. The Bertz CT molecular complexity index is 1080. The molecule has 0 saturated carbocycles. The topological polar surface area (TPSA) is 76.0 Å². The van der Waals surface area contributed by atoms with Crippen molar-refractivity contribution in [1.29, 1.82) is 0 Å². The summed E-state index contributed by atoms with van der Waals surface area (Å²) in [6.45, 7) is 10.6. The van der Waals surface area contributed by atoms with Crippen molar-refractivity contribution in [3.63, 3.8) is 0 Å². The highest BCUT2D eigenvalue weighted by atomic mass is 16.2. The first kappa shape index (κ1) is 22.3. The zero-order valence-electron chi connectivity index (χ0n) is 18.8. The van der Waals surface area contributed by atoms with E-state index in [4.69, 9.17) is 0 Å². The van der Waals surface area contributed by atoms with Crippen LogP contribution < -0.4 is 10.6 Å². The summed E-state index contributed by atoms with van der Waals surface area (Å²) in [6, 6.07) is 17.1. The monoisotopic (exact) mass is 418 g/mol. The second kappa shape index (κ2) is 9.16. The van der Waals surface area contributed by atoms with Crippen molar-refractivity contribution in [1.82, 2.24) is 15.1 Å². The number of hydrogen-bond donors (Lipinski definition) is 2. The van der Waals surface area contributed by atoms with E-state index in [9.17, 15) is 9.59 Å². The Balaban J connectivity index is 1.67. The molecule has 1 aromatic heterocycles. The van der Waals surface area contributed by atoms with E-state index in [0.717, 1.165) is 17.0 Å². The van der Waals surface area contributed by atoms with Crippen molar-refractivity contribution in [2.24, 2.45) is 5.41 Å². The van der Waals surface area contributed by atoms with Gasteiger partial charge in [-0.05, 0) is 37.6 Å². The number of aromatic nitrogens is 2. The third-order valence-corrected chi connectivity index (χ3v) is 5.20. The number of nitrogens with zero attached hydrogens (tertiary/aromatic N) is 2. The molecule has 0 aliphatic rings. The van der Waals surface area contributed by atoms with Crippen LogP contribution in [0, 0.1) is 19.3 Å². The number of anilines is 1. The smallest absolute Gasteiger partial charge is 0.251 e. The van der Waals surface area contributed by atoms with Crippen molar-refractivity contribution in [3.05, 3.63) is 82.7 Å². The van der Waals surface area contributed by atoms with E-state index in [1.54, 1.807) is 24.3 Å². The molecular weight excluding hydrogens is 388 g/mol. The lowest BCUT2D eigenvalue weighted by atomic mass is 9.95. The molecule has 0 spiro atoms. The summed E-state index contributed by atoms with van der Waals surface area (Å²) in [6.07, 6.45) is 0. The van der Waals surface area contributed by atoms with Crippen molar-refractivity contribution in [2.45, 2.75) is 47.7 Å². The fraction of sp³-hybridized carbons (Fsp3) is 0.320. The second-order valence-corrected chi connectivity index (χ2v) is 8.76. The molecule has 2 aromatic carbocycles. The highest BCUT2D eigenvalue weighted by molar-refractivity contribution is 5.98. The van der Waals surface area contributed by atoms with Gasteiger partial charge in [0, 0.05) is 34.5 Å². The summed E-state index contributed by atoms with van der Waals surface area (Å²) in [4.78, 5) is 24.9. The average Bonchev–Trinajstić information content (AvgIpc) is 2.99. The number of aryl methyl sites for hydroxylation is 1.